The van der Waals surface area contributed by atoms with Gasteiger partial charge in [-0.15, -0.1) is 0 Å². The van der Waals surface area contributed by atoms with Gasteiger partial charge in [0, 0.05) is 19.0 Å². The van der Waals surface area contributed by atoms with Crippen molar-refractivity contribution in [3.63, 3.8) is 0 Å². The lowest BCUT2D eigenvalue weighted by Crippen LogP contribution is -2.47. The van der Waals surface area contributed by atoms with E-state index < -0.39 is 6.04 Å². The van der Waals surface area contributed by atoms with Crippen LogP contribution in [0.25, 0.3) is 0 Å². The van der Waals surface area contributed by atoms with E-state index in [1.807, 2.05) is 30.3 Å². The second-order valence-electron chi connectivity index (χ2n) is 7.09. The fourth-order valence-electron chi connectivity index (χ4n) is 3.57. The van der Waals surface area contributed by atoms with E-state index in [0.717, 1.165) is 12.0 Å². The molecule has 2 amide bonds. The van der Waals surface area contributed by atoms with Crippen LogP contribution in [0.2, 0.25) is 0 Å². The van der Waals surface area contributed by atoms with E-state index in [9.17, 15) is 14.0 Å². The third-order valence-electron chi connectivity index (χ3n) is 5.05. The van der Waals surface area contributed by atoms with Crippen LogP contribution in [0.5, 0.6) is 0 Å². The van der Waals surface area contributed by atoms with Gasteiger partial charge < -0.3 is 10.2 Å². The molecule has 4 nitrogen and oxygen atoms in total. The molecule has 1 saturated heterocycles. The lowest BCUT2D eigenvalue weighted by molar-refractivity contribution is -0.141. The molecule has 27 heavy (non-hydrogen) atoms. The topological polar surface area (TPSA) is 49.4 Å². The predicted molar refractivity (Wildman–Crippen MR) is 102 cm³/mol. The van der Waals surface area contributed by atoms with Crippen molar-refractivity contribution in [3.05, 3.63) is 71.5 Å². The van der Waals surface area contributed by atoms with Crippen LogP contribution in [0.4, 0.5) is 4.39 Å². The molecule has 1 N–H and O–H groups in total. The smallest absolute Gasteiger partial charge is 0.243 e. The van der Waals surface area contributed by atoms with Gasteiger partial charge in [-0.05, 0) is 36.5 Å². The highest BCUT2D eigenvalue weighted by molar-refractivity contribution is 5.89. The summed E-state index contributed by atoms with van der Waals surface area (Å²) in [7, 11) is 0. The highest BCUT2D eigenvalue weighted by atomic mass is 19.1. The van der Waals surface area contributed by atoms with Crippen molar-refractivity contribution in [1.29, 1.82) is 0 Å². The lowest BCUT2D eigenvalue weighted by Gasteiger charge is -2.27. The molecule has 2 aromatic carbocycles. The molecule has 1 aliphatic rings. The van der Waals surface area contributed by atoms with Crippen molar-refractivity contribution in [1.82, 2.24) is 10.2 Å². The fraction of sp³-hybridized carbons (Fsp3) is 0.364. The zero-order chi connectivity index (χ0) is 19.2. The number of carbonyl (C=O) groups excluding carboxylic acids is 2. The number of nitrogens with one attached hydrogen (secondary N) is 1. The molecule has 0 spiro atoms. The van der Waals surface area contributed by atoms with Gasteiger partial charge in [0.15, 0.2) is 0 Å². The molecule has 2 aromatic rings. The Hall–Kier alpha value is -2.69. The van der Waals surface area contributed by atoms with Crippen molar-refractivity contribution in [2.75, 3.05) is 6.54 Å². The lowest BCUT2D eigenvalue weighted by atomic mass is 9.99. The zero-order valence-corrected chi connectivity index (χ0v) is 15.5. The number of amides is 2. The molecule has 1 heterocycles. The van der Waals surface area contributed by atoms with Crippen molar-refractivity contribution in [2.24, 2.45) is 5.92 Å². The van der Waals surface area contributed by atoms with Crippen LogP contribution in [0.15, 0.2) is 54.6 Å². The van der Waals surface area contributed by atoms with Crippen molar-refractivity contribution >= 4 is 11.8 Å². The Morgan fingerprint density at radius 3 is 2.59 bits per heavy atom. The Balaban J connectivity index is 1.60. The first-order chi connectivity index (χ1) is 13.1. The van der Waals surface area contributed by atoms with Gasteiger partial charge in [-0.25, -0.2) is 4.39 Å². The number of nitrogens with zero attached hydrogens (tertiary/aromatic N) is 1. The van der Waals surface area contributed by atoms with Crippen LogP contribution in [-0.2, 0) is 22.6 Å². The average molecular weight is 368 g/mol. The summed E-state index contributed by atoms with van der Waals surface area (Å²) in [5.74, 6) is -0.876. The van der Waals surface area contributed by atoms with Crippen LogP contribution in [0, 0.1) is 11.7 Å². The quantitative estimate of drug-likeness (QED) is 0.850. The van der Waals surface area contributed by atoms with Crippen LogP contribution in [0.1, 0.15) is 30.9 Å². The molecule has 1 aliphatic heterocycles. The van der Waals surface area contributed by atoms with Crippen molar-refractivity contribution in [2.45, 2.75) is 38.8 Å². The van der Waals surface area contributed by atoms with Gasteiger partial charge in [0.25, 0.3) is 0 Å². The molecule has 1 unspecified atom stereocenters. The maximum atomic E-state index is 13.9. The van der Waals surface area contributed by atoms with Crippen LogP contribution in [-0.4, -0.2) is 29.3 Å². The first kappa shape index (κ1) is 19.1. The van der Waals surface area contributed by atoms with Crippen LogP contribution in [0.3, 0.4) is 0 Å². The Labute approximate surface area is 159 Å². The zero-order valence-electron chi connectivity index (χ0n) is 15.5. The summed E-state index contributed by atoms with van der Waals surface area (Å²) in [6.45, 7) is 2.82. The van der Waals surface area contributed by atoms with Gasteiger partial charge in [-0.1, -0.05) is 55.5 Å². The number of carbonyl (C=O) groups is 2. The minimum absolute atomic E-state index is 0.0874. The first-order valence-electron chi connectivity index (χ1n) is 9.42. The fourth-order valence-corrected chi connectivity index (χ4v) is 3.57. The van der Waals surface area contributed by atoms with Gasteiger partial charge in [0.05, 0.1) is 0 Å². The van der Waals surface area contributed by atoms with Gasteiger partial charge in [-0.3, -0.25) is 9.59 Å². The monoisotopic (exact) mass is 368 g/mol. The van der Waals surface area contributed by atoms with Gasteiger partial charge in [0.1, 0.15) is 11.9 Å². The molecule has 142 valence electrons. The SMILES string of the molecule is CC(Cc1ccccc1F)C(=O)N1CCC[C@@H]1C(=O)NCc1ccccc1. The van der Waals surface area contributed by atoms with Crippen molar-refractivity contribution < 1.29 is 14.0 Å². The number of halogens is 1. The molecule has 0 radical (unpaired) electrons. The number of likely N-dealkylation sites (tertiary alicyclic amines) is 1. The molecule has 1 fully saturated rings. The van der Waals surface area contributed by atoms with E-state index in [4.69, 9.17) is 0 Å². The Bertz CT molecular complexity index is 794. The third kappa shape index (κ3) is 4.73. The molecule has 0 bridgehead atoms. The minimum atomic E-state index is -0.440. The summed E-state index contributed by atoms with van der Waals surface area (Å²) < 4.78 is 13.9. The molecular weight excluding hydrogens is 343 g/mol. The second-order valence-corrected chi connectivity index (χ2v) is 7.09. The van der Waals surface area contributed by atoms with E-state index in [-0.39, 0.29) is 23.5 Å². The van der Waals surface area contributed by atoms with Gasteiger partial charge >= 0.3 is 0 Å². The van der Waals surface area contributed by atoms with E-state index in [0.29, 0.717) is 31.5 Å². The number of rotatable bonds is 6. The number of hydrogen-bond acceptors (Lipinski definition) is 2. The molecule has 0 aromatic heterocycles. The van der Waals surface area contributed by atoms with E-state index in [1.54, 1.807) is 30.0 Å². The molecule has 0 aliphatic carbocycles. The molecular formula is C22H25FN2O2. The molecule has 3 rings (SSSR count). The van der Waals surface area contributed by atoms with Crippen LogP contribution < -0.4 is 5.32 Å². The van der Waals surface area contributed by atoms with Crippen molar-refractivity contribution in [3.8, 4) is 0 Å². The van der Waals surface area contributed by atoms with Gasteiger partial charge in [0.2, 0.25) is 11.8 Å². The Morgan fingerprint density at radius 1 is 1.15 bits per heavy atom. The average Bonchev–Trinajstić information content (AvgIpc) is 3.18. The standard InChI is InChI=1S/C22H25FN2O2/c1-16(14-18-10-5-6-11-19(18)23)22(27)25-13-7-12-20(25)21(26)24-15-17-8-3-2-4-9-17/h2-6,8-11,16,20H,7,12-15H2,1H3,(H,24,26)/t16?,20-/m1/s1. The highest BCUT2D eigenvalue weighted by Crippen LogP contribution is 2.22. The number of benzene rings is 2. The largest absolute Gasteiger partial charge is 0.350 e. The minimum Gasteiger partial charge on any atom is -0.350 e. The molecule has 0 saturated carbocycles. The normalized spacial score (nSPS) is 17.6. The van der Waals surface area contributed by atoms with E-state index in [2.05, 4.69) is 5.32 Å². The Morgan fingerprint density at radius 2 is 1.85 bits per heavy atom. The maximum absolute atomic E-state index is 13.9. The molecule has 2 atom stereocenters. The number of hydrogen-bond donors (Lipinski definition) is 1. The van der Waals surface area contributed by atoms with E-state index >= 15 is 0 Å². The second kappa shape index (κ2) is 8.80. The summed E-state index contributed by atoms with van der Waals surface area (Å²) >= 11 is 0. The summed E-state index contributed by atoms with van der Waals surface area (Å²) in [5.41, 5.74) is 1.55. The molecule has 5 heteroatoms. The summed E-state index contributed by atoms with van der Waals surface area (Å²) in [4.78, 5) is 27.1. The summed E-state index contributed by atoms with van der Waals surface area (Å²) in [6, 6.07) is 15.8. The summed E-state index contributed by atoms with van der Waals surface area (Å²) in [6.07, 6.45) is 1.81. The summed E-state index contributed by atoms with van der Waals surface area (Å²) in [5, 5.41) is 2.93. The first-order valence-corrected chi connectivity index (χ1v) is 9.42. The maximum Gasteiger partial charge on any atom is 0.243 e. The third-order valence-corrected chi connectivity index (χ3v) is 5.05. The van der Waals surface area contributed by atoms with E-state index in [1.165, 1.54) is 6.07 Å². The highest BCUT2D eigenvalue weighted by Gasteiger charge is 2.35. The van der Waals surface area contributed by atoms with Gasteiger partial charge in [-0.2, -0.15) is 0 Å². The predicted octanol–water partition coefficient (Wildman–Crippen LogP) is 3.31. The Kier molecular flexibility index (Phi) is 6.22. The van der Waals surface area contributed by atoms with Crippen LogP contribution >= 0.6 is 0 Å².